The van der Waals surface area contributed by atoms with Crippen LogP contribution >= 0.6 is 0 Å². The molecule has 1 rings (SSSR count). The number of nitrogens with zero attached hydrogens (tertiary/aromatic N) is 1. The monoisotopic (exact) mass is 185 g/mol. The summed E-state index contributed by atoms with van der Waals surface area (Å²) in [6.07, 6.45) is 0. The first kappa shape index (κ1) is 9.73. The van der Waals surface area contributed by atoms with E-state index >= 15 is 0 Å². The van der Waals surface area contributed by atoms with Gasteiger partial charge in [-0.15, -0.1) is 0 Å². The molecule has 0 unspecified atom stereocenters. The van der Waals surface area contributed by atoms with Crippen LogP contribution in [0.25, 0.3) is 5.32 Å². The Morgan fingerprint density at radius 2 is 2.00 bits per heavy atom. The third-order valence-electron chi connectivity index (χ3n) is 1.37. The Bertz CT molecular complexity index is 67.3. The second kappa shape index (κ2) is 3.79. The van der Waals surface area contributed by atoms with Crippen molar-refractivity contribution < 1.29 is 62.9 Å². The molecule has 0 aliphatic carbocycles. The minimum atomic E-state index is 0. The Kier molecular flexibility index (Phi) is 4.60. The van der Waals surface area contributed by atoms with Gasteiger partial charge in [0.05, 0.1) is 0 Å². The van der Waals surface area contributed by atoms with Crippen molar-refractivity contribution >= 4 is 0 Å². The van der Waals surface area contributed by atoms with Gasteiger partial charge >= 0.3 is 58.2 Å². The maximum Gasteiger partial charge on any atom is 1.00 e. The fourth-order valence-corrected chi connectivity index (χ4v) is 0.527. The van der Waals surface area contributed by atoms with Gasteiger partial charge in [0.25, 0.3) is 0 Å². The van der Waals surface area contributed by atoms with Crippen LogP contribution in [0.4, 0.5) is 0 Å². The summed E-state index contributed by atoms with van der Waals surface area (Å²) in [7, 11) is 1.84. The van der Waals surface area contributed by atoms with Crippen molar-refractivity contribution in [3.8, 4) is 0 Å². The van der Waals surface area contributed by atoms with Gasteiger partial charge in [0, 0.05) is 13.2 Å². The molecule has 1 fully saturated rings. The zero-order chi connectivity index (χ0) is 5.33. The largest absolute Gasteiger partial charge is 1.00 e. The minimum absolute atomic E-state index is 0. The zero-order valence-corrected chi connectivity index (χ0v) is 10.7. The van der Waals surface area contributed by atoms with Crippen LogP contribution in [0.15, 0.2) is 0 Å². The first-order valence-electron chi connectivity index (χ1n) is 2.46. The molecule has 0 N–H and O–H groups in total. The first-order chi connectivity index (χ1) is 3.27. The van der Waals surface area contributed by atoms with E-state index in [9.17, 15) is 0 Å². The predicted molar refractivity (Wildman–Crippen MR) is 28.5 cm³/mol. The Morgan fingerprint density at radius 1 is 1.50 bits per heavy atom. The maximum atomic E-state index is 4.94. The molecular weight excluding hydrogens is 176 g/mol. The SMILES string of the molecule is C[N-]C1(C)COC1.[Rb+]. The summed E-state index contributed by atoms with van der Waals surface area (Å²) in [5.41, 5.74) is 0.167. The van der Waals surface area contributed by atoms with E-state index in [0.29, 0.717) is 0 Å². The summed E-state index contributed by atoms with van der Waals surface area (Å²) in [6.45, 7) is 3.71. The van der Waals surface area contributed by atoms with Crippen molar-refractivity contribution in [3.05, 3.63) is 5.32 Å². The van der Waals surface area contributed by atoms with Gasteiger partial charge in [-0.1, -0.05) is 12.5 Å². The van der Waals surface area contributed by atoms with Crippen molar-refractivity contribution in [2.24, 2.45) is 0 Å². The van der Waals surface area contributed by atoms with E-state index in [1.807, 2.05) is 7.05 Å². The first-order valence-corrected chi connectivity index (χ1v) is 2.46. The smallest absolute Gasteiger partial charge is 0.656 e. The summed E-state index contributed by atoms with van der Waals surface area (Å²) in [5.74, 6) is 0. The van der Waals surface area contributed by atoms with Gasteiger partial charge < -0.3 is 10.1 Å². The summed E-state index contributed by atoms with van der Waals surface area (Å²) in [5, 5.41) is 4.10. The molecule has 42 valence electrons. The molecule has 1 aliphatic heterocycles. The van der Waals surface area contributed by atoms with Crippen LogP contribution < -0.4 is 58.2 Å². The number of ether oxygens (including phenoxy) is 1. The molecule has 3 heteroatoms. The van der Waals surface area contributed by atoms with E-state index in [1.54, 1.807) is 0 Å². The van der Waals surface area contributed by atoms with E-state index in [-0.39, 0.29) is 63.7 Å². The van der Waals surface area contributed by atoms with Gasteiger partial charge in [0.15, 0.2) is 0 Å². The normalized spacial score (nSPS) is 23.2. The number of hydrogen-bond donors (Lipinski definition) is 0. The summed E-state index contributed by atoms with van der Waals surface area (Å²) < 4.78 is 4.94. The summed E-state index contributed by atoms with van der Waals surface area (Å²) in [6, 6.07) is 0. The molecule has 1 heterocycles. The molecule has 0 radical (unpaired) electrons. The fourth-order valence-electron chi connectivity index (χ4n) is 0.527. The Hall–Kier alpha value is 1.73. The second-order valence-corrected chi connectivity index (χ2v) is 2.21. The maximum absolute atomic E-state index is 4.94. The number of hydrogen-bond acceptors (Lipinski definition) is 1. The van der Waals surface area contributed by atoms with E-state index in [4.69, 9.17) is 4.74 Å². The molecule has 0 amide bonds. The van der Waals surface area contributed by atoms with E-state index in [2.05, 4.69) is 12.2 Å². The van der Waals surface area contributed by atoms with Crippen LogP contribution in [-0.4, -0.2) is 25.8 Å². The van der Waals surface area contributed by atoms with Crippen LogP contribution in [0.5, 0.6) is 0 Å². The van der Waals surface area contributed by atoms with E-state index in [1.165, 1.54) is 0 Å². The third kappa shape index (κ3) is 2.16. The summed E-state index contributed by atoms with van der Waals surface area (Å²) >= 11 is 0. The van der Waals surface area contributed by atoms with E-state index in [0.717, 1.165) is 13.2 Å². The average molecular weight is 186 g/mol. The van der Waals surface area contributed by atoms with Gasteiger partial charge in [-0.25, -0.2) is 0 Å². The molecule has 0 aromatic carbocycles. The van der Waals surface area contributed by atoms with Gasteiger partial charge in [-0.3, -0.25) is 0 Å². The standard InChI is InChI=1S/C5H10NO.Rb/c1-5(6-2)3-7-4-5;/h3-4H2,1-2H3;/q-1;+1. The van der Waals surface area contributed by atoms with Gasteiger partial charge in [-0.2, -0.15) is 7.05 Å². The molecule has 1 aliphatic rings. The van der Waals surface area contributed by atoms with Crippen molar-refractivity contribution in [1.82, 2.24) is 0 Å². The molecule has 0 bridgehead atoms. The minimum Gasteiger partial charge on any atom is -0.656 e. The Labute approximate surface area is 99.1 Å². The Balaban J connectivity index is 0.000000490. The molecule has 8 heavy (non-hydrogen) atoms. The van der Waals surface area contributed by atoms with Gasteiger partial charge in [0.1, 0.15) is 0 Å². The molecule has 0 aromatic heterocycles. The fraction of sp³-hybridized carbons (Fsp3) is 1.00. The number of likely N-dealkylation sites (N-methyl/N-ethyl adjacent to an activating group) is 1. The topological polar surface area (TPSA) is 23.3 Å². The number of rotatable bonds is 1. The quantitative estimate of drug-likeness (QED) is 0.454. The van der Waals surface area contributed by atoms with Gasteiger partial charge in [0.2, 0.25) is 0 Å². The molecule has 1 saturated heterocycles. The predicted octanol–water partition coefficient (Wildman–Crippen LogP) is -2.22. The molecule has 0 saturated carbocycles. The van der Waals surface area contributed by atoms with E-state index < -0.39 is 0 Å². The zero-order valence-electron chi connectivity index (χ0n) is 5.77. The second-order valence-electron chi connectivity index (χ2n) is 2.21. The molecule has 0 aromatic rings. The summed E-state index contributed by atoms with van der Waals surface area (Å²) in [4.78, 5) is 0. The average Bonchev–Trinajstić information content (AvgIpc) is 1.61. The molecule has 0 atom stereocenters. The molecular formula is C5H10NORb. The van der Waals surface area contributed by atoms with Crippen LogP contribution in [0.2, 0.25) is 0 Å². The van der Waals surface area contributed by atoms with Crippen LogP contribution in [0.1, 0.15) is 6.92 Å². The van der Waals surface area contributed by atoms with Crippen molar-refractivity contribution in [1.29, 1.82) is 0 Å². The van der Waals surface area contributed by atoms with Gasteiger partial charge in [-0.05, 0) is 0 Å². The van der Waals surface area contributed by atoms with Crippen molar-refractivity contribution in [3.63, 3.8) is 0 Å². The van der Waals surface area contributed by atoms with Crippen molar-refractivity contribution in [2.75, 3.05) is 20.3 Å². The van der Waals surface area contributed by atoms with Crippen LogP contribution in [0, 0.1) is 0 Å². The molecule has 0 spiro atoms. The Morgan fingerprint density at radius 3 is 2.00 bits per heavy atom. The van der Waals surface area contributed by atoms with Crippen LogP contribution in [0.3, 0.4) is 0 Å². The van der Waals surface area contributed by atoms with Crippen molar-refractivity contribution in [2.45, 2.75) is 12.5 Å². The van der Waals surface area contributed by atoms with Crippen LogP contribution in [-0.2, 0) is 4.74 Å². The molecule has 2 nitrogen and oxygen atoms in total. The third-order valence-corrected chi connectivity index (χ3v) is 1.37.